The molecule has 0 radical (unpaired) electrons. The van der Waals surface area contributed by atoms with Crippen molar-refractivity contribution in [1.29, 1.82) is 0 Å². The molecule has 1 nitrogen and oxygen atoms in total. The number of hydrogen-bond donors (Lipinski definition) is 1. The van der Waals surface area contributed by atoms with Gasteiger partial charge in [0.05, 0.1) is 0 Å². The van der Waals surface area contributed by atoms with Crippen molar-refractivity contribution in [1.82, 2.24) is 4.90 Å². The van der Waals surface area contributed by atoms with Crippen molar-refractivity contribution in [2.24, 2.45) is 0 Å². The van der Waals surface area contributed by atoms with Gasteiger partial charge in [0.2, 0.25) is 0 Å². The minimum atomic E-state index is 0.731. The van der Waals surface area contributed by atoms with Gasteiger partial charge >= 0.3 is 0 Å². The summed E-state index contributed by atoms with van der Waals surface area (Å²) >= 11 is 9.69. The first-order valence-electron chi connectivity index (χ1n) is 8.81. The van der Waals surface area contributed by atoms with Gasteiger partial charge in [-0.05, 0) is 49.7 Å². The predicted octanol–water partition coefficient (Wildman–Crippen LogP) is 5.55. The lowest BCUT2D eigenvalue weighted by Gasteiger charge is -2.22. The maximum atomic E-state index is 5.29. The van der Waals surface area contributed by atoms with Gasteiger partial charge in [-0.15, -0.1) is 12.6 Å². The second-order valence-corrected chi connectivity index (χ2v) is 7.27. The van der Waals surface area contributed by atoms with Crippen LogP contribution in [-0.2, 0) is 12.8 Å². The number of aryl methyl sites for hydroxylation is 2. The van der Waals surface area contributed by atoms with Gasteiger partial charge in [-0.2, -0.15) is 0 Å². The molecule has 0 aliphatic heterocycles. The molecule has 0 heterocycles. The predicted molar refractivity (Wildman–Crippen MR) is 112 cm³/mol. The van der Waals surface area contributed by atoms with Crippen LogP contribution in [0.4, 0.5) is 0 Å². The van der Waals surface area contributed by atoms with E-state index in [1.807, 2.05) is 0 Å². The summed E-state index contributed by atoms with van der Waals surface area (Å²) in [7, 11) is 0. The molecule has 0 amide bonds. The van der Waals surface area contributed by atoms with E-state index in [0.29, 0.717) is 0 Å². The normalized spacial score (nSPS) is 10.5. The Morgan fingerprint density at radius 1 is 0.708 bits per heavy atom. The van der Waals surface area contributed by atoms with Crippen LogP contribution < -0.4 is 0 Å². The molecule has 0 fully saturated rings. The summed E-state index contributed by atoms with van der Waals surface area (Å²) in [5.74, 6) is 0. The smallest absolute Gasteiger partial charge is 0.133 e. The van der Waals surface area contributed by atoms with Crippen LogP contribution >= 0.6 is 24.8 Å². The van der Waals surface area contributed by atoms with Crippen LogP contribution in [0.2, 0.25) is 0 Å². The van der Waals surface area contributed by atoms with Crippen molar-refractivity contribution in [2.75, 3.05) is 13.1 Å². The van der Waals surface area contributed by atoms with Gasteiger partial charge in [0.15, 0.2) is 0 Å². The van der Waals surface area contributed by atoms with Crippen molar-refractivity contribution in [2.45, 2.75) is 38.5 Å². The Morgan fingerprint density at radius 2 is 1.12 bits per heavy atom. The summed E-state index contributed by atoms with van der Waals surface area (Å²) in [6.45, 7) is 2.03. The van der Waals surface area contributed by atoms with Gasteiger partial charge < -0.3 is 4.90 Å². The third-order valence-electron chi connectivity index (χ3n) is 4.24. The van der Waals surface area contributed by atoms with Crippen molar-refractivity contribution >= 4 is 29.2 Å². The van der Waals surface area contributed by atoms with Crippen LogP contribution in [0.15, 0.2) is 60.7 Å². The Kier molecular flexibility index (Phi) is 8.93. The maximum Gasteiger partial charge on any atom is 0.133 e. The van der Waals surface area contributed by atoms with Crippen LogP contribution in [0.1, 0.15) is 36.8 Å². The fourth-order valence-corrected chi connectivity index (χ4v) is 3.24. The minimum absolute atomic E-state index is 0.731. The second kappa shape index (κ2) is 11.3. The monoisotopic (exact) mass is 357 g/mol. The fourth-order valence-electron chi connectivity index (χ4n) is 2.86. The molecule has 0 aromatic heterocycles. The van der Waals surface area contributed by atoms with E-state index in [1.165, 1.54) is 24.0 Å². The molecule has 2 aromatic carbocycles. The molecule has 0 bridgehead atoms. The van der Waals surface area contributed by atoms with Gasteiger partial charge in [0, 0.05) is 13.1 Å². The number of benzene rings is 2. The molecule has 128 valence electrons. The highest BCUT2D eigenvalue weighted by Crippen LogP contribution is 2.09. The van der Waals surface area contributed by atoms with Crippen LogP contribution in [-0.4, -0.2) is 22.3 Å². The lowest BCUT2D eigenvalue weighted by Crippen LogP contribution is -2.28. The van der Waals surface area contributed by atoms with Crippen LogP contribution in [0.25, 0.3) is 0 Å². The number of unbranched alkanes of at least 4 members (excludes halogenated alkanes) is 2. The highest BCUT2D eigenvalue weighted by Gasteiger charge is 2.06. The lowest BCUT2D eigenvalue weighted by molar-refractivity contribution is 0.404. The topological polar surface area (TPSA) is 3.24 Å². The summed E-state index contributed by atoms with van der Waals surface area (Å²) < 4.78 is 0.731. The molecule has 2 rings (SSSR count). The van der Waals surface area contributed by atoms with Gasteiger partial charge in [0.1, 0.15) is 4.32 Å². The van der Waals surface area contributed by atoms with E-state index < -0.39 is 0 Å². The standard InChI is InChI=1S/C21H27NS2/c23-21(24)22(17-9-7-15-19-11-3-1-4-12-19)18-10-8-16-20-13-5-2-6-14-20/h1-6,11-14H,7-10,15-18H2,(H,23,24). The number of nitrogens with zero attached hydrogens (tertiary/aromatic N) is 1. The Morgan fingerprint density at radius 3 is 1.50 bits per heavy atom. The van der Waals surface area contributed by atoms with Gasteiger partial charge in [-0.25, -0.2) is 0 Å². The van der Waals surface area contributed by atoms with Crippen LogP contribution in [0.5, 0.6) is 0 Å². The molecule has 2 aromatic rings. The molecule has 0 saturated carbocycles. The maximum absolute atomic E-state index is 5.29. The SMILES string of the molecule is S=C(S)N(CCCCc1ccccc1)CCCCc1ccccc1. The summed E-state index contributed by atoms with van der Waals surface area (Å²) in [6.07, 6.45) is 6.99. The Hall–Kier alpha value is -1.32. The fraction of sp³-hybridized carbons (Fsp3) is 0.381. The van der Waals surface area contributed by atoms with E-state index in [-0.39, 0.29) is 0 Å². The first kappa shape index (κ1) is 19.0. The zero-order valence-electron chi connectivity index (χ0n) is 14.2. The molecular weight excluding hydrogens is 330 g/mol. The molecule has 0 aliphatic carbocycles. The number of thiol groups is 1. The zero-order valence-corrected chi connectivity index (χ0v) is 15.9. The number of thiocarbonyl (C=S) groups is 1. The summed E-state index contributed by atoms with van der Waals surface area (Å²) in [6, 6.07) is 21.4. The first-order valence-corrected chi connectivity index (χ1v) is 9.67. The molecule has 0 atom stereocenters. The van der Waals surface area contributed by atoms with Crippen molar-refractivity contribution < 1.29 is 0 Å². The average molecular weight is 358 g/mol. The third kappa shape index (κ3) is 7.50. The number of rotatable bonds is 10. The Bertz CT molecular complexity index is 536. The van der Waals surface area contributed by atoms with E-state index >= 15 is 0 Å². The number of hydrogen-bond acceptors (Lipinski definition) is 1. The molecule has 0 spiro atoms. The first-order chi connectivity index (χ1) is 11.8. The largest absolute Gasteiger partial charge is 0.358 e. The van der Waals surface area contributed by atoms with E-state index in [4.69, 9.17) is 12.2 Å². The van der Waals surface area contributed by atoms with Crippen LogP contribution in [0, 0.1) is 0 Å². The van der Waals surface area contributed by atoms with Crippen LogP contribution in [0.3, 0.4) is 0 Å². The summed E-state index contributed by atoms with van der Waals surface area (Å²) in [5, 5.41) is 0. The molecule has 24 heavy (non-hydrogen) atoms. The van der Waals surface area contributed by atoms with E-state index in [2.05, 4.69) is 78.2 Å². The molecule has 0 saturated heterocycles. The Balaban J connectivity index is 1.61. The molecule has 0 unspecified atom stereocenters. The minimum Gasteiger partial charge on any atom is -0.358 e. The van der Waals surface area contributed by atoms with Crippen molar-refractivity contribution in [3.8, 4) is 0 Å². The lowest BCUT2D eigenvalue weighted by atomic mass is 10.1. The molecule has 0 N–H and O–H groups in total. The average Bonchev–Trinajstić information content (AvgIpc) is 2.62. The third-order valence-corrected chi connectivity index (χ3v) is 4.78. The highest BCUT2D eigenvalue weighted by molar-refractivity contribution is 8.10. The van der Waals surface area contributed by atoms with Gasteiger partial charge in [-0.3, -0.25) is 0 Å². The van der Waals surface area contributed by atoms with Crippen molar-refractivity contribution in [3.05, 3.63) is 71.8 Å². The Labute approximate surface area is 157 Å². The quantitative estimate of drug-likeness (QED) is 0.337. The van der Waals surface area contributed by atoms with E-state index in [1.54, 1.807) is 0 Å². The molecular formula is C21H27NS2. The molecule has 3 heteroatoms. The van der Waals surface area contributed by atoms with Crippen molar-refractivity contribution in [3.63, 3.8) is 0 Å². The zero-order chi connectivity index (χ0) is 17.0. The van der Waals surface area contributed by atoms with E-state index in [9.17, 15) is 0 Å². The van der Waals surface area contributed by atoms with Gasteiger partial charge in [0.25, 0.3) is 0 Å². The molecule has 0 aliphatic rings. The summed E-state index contributed by atoms with van der Waals surface area (Å²) in [5.41, 5.74) is 2.83. The van der Waals surface area contributed by atoms with E-state index in [0.717, 1.165) is 43.1 Å². The second-order valence-electron chi connectivity index (χ2n) is 6.16. The highest BCUT2D eigenvalue weighted by atomic mass is 32.1. The van der Waals surface area contributed by atoms with Gasteiger partial charge in [-0.1, -0.05) is 72.9 Å². The summed E-state index contributed by atoms with van der Waals surface area (Å²) in [4.78, 5) is 2.24.